The van der Waals surface area contributed by atoms with E-state index in [1.807, 2.05) is 0 Å². The van der Waals surface area contributed by atoms with Gasteiger partial charge in [0.1, 0.15) is 0 Å². The van der Waals surface area contributed by atoms with Crippen LogP contribution in [0.15, 0.2) is 0 Å². The Morgan fingerprint density at radius 2 is 2.29 bits per heavy atom. The molecule has 7 heavy (non-hydrogen) atoms. The maximum absolute atomic E-state index is 7.05. The second kappa shape index (κ2) is 2.64. The Balaban J connectivity index is 2.72. The Hall–Kier alpha value is 0.400. The summed E-state index contributed by atoms with van der Waals surface area (Å²) in [6.07, 6.45) is -0.847. The first-order chi connectivity index (χ1) is 4.89. The zero-order valence-electron chi connectivity index (χ0n) is 7.48. The number of halogens is 1. The average Bonchev–Trinajstić information content (AvgIpc) is 2.03. The highest BCUT2D eigenvalue weighted by molar-refractivity contribution is 9.09. The van der Waals surface area contributed by atoms with E-state index in [0.717, 1.165) is 0 Å². The standard InChI is InChI=1S/C4H7BrO2/c5-3-4-6-1-2-7-4/h4H,1-3H2/i1D2,2D2. The Kier molecular flexibility index (Phi) is 0.881. The third-order valence-electron chi connectivity index (χ3n) is 0.548. The van der Waals surface area contributed by atoms with Crippen molar-refractivity contribution in [1.29, 1.82) is 0 Å². The second-order valence-electron chi connectivity index (χ2n) is 1.02. The van der Waals surface area contributed by atoms with Gasteiger partial charge in [-0.1, -0.05) is 15.9 Å². The van der Waals surface area contributed by atoms with Crippen molar-refractivity contribution in [3.05, 3.63) is 0 Å². The molecule has 3 heteroatoms. The first-order valence-corrected chi connectivity index (χ1v) is 2.93. The molecule has 1 saturated heterocycles. The molecule has 0 bridgehead atoms. The summed E-state index contributed by atoms with van der Waals surface area (Å²) in [4.78, 5) is 0. The molecular weight excluding hydrogens is 160 g/mol. The fraction of sp³-hybridized carbons (Fsp3) is 1.00. The Morgan fingerprint density at radius 3 is 2.57 bits per heavy atom. The minimum atomic E-state index is -2.36. The lowest BCUT2D eigenvalue weighted by Crippen LogP contribution is -2.07. The van der Waals surface area contributed by atoms with Crippen LogP contribution in [-0.4, -0.2) is 24.7 Å². The Morgan fingerprint density at radius 1 is 1.71 bits per heavy atom. The van der Waals surface area contributed by atoms with E-state index in [2.05, 4.69) is 25.4 Å². The molecule has 2 nitrogen and oxygen atoms in total. The van der Waals surface area contributed by atoms with Crippen LogP contribution in [0.2, 0.25) is 0 Å². The van der Waals surface area contributed by atoms with Crippen LogP contribution in [0.25, 0.3) is 0 Å². The van der Waals surface area contributed by atoms with E-state index in [4.69, 9.17) is 5.48 Å². The van der Waals surface area contributed by atoms with Crippen molar-refractivity contribution in [2.45, 2.75) is 6.29 Å². The lowest BCUT2D eigenvalue weighted by molar-refractivity contribution is -0.0205. The van der Waals surface area contributed by atoms with Crippen LogP contribution in [0.1, 0.15) is 5.48 Å². The van der Waals surface area contributed by atoms with Crippen molar-refractivity contribution in [3.63, 3.8) is 0 Å². The molecule has 0 aromatic heterocycles. The molecule has 1 rings (SSSR count). The largest absolute Gasteiger partial charge is 0.349 e. The molecule has 0 unspecified atom stereocenters. The Labute approximate surface area is 56.5 Å². The zero-order valence-corrected chi connectivity index (χ0v) is 5.06. The van der Waals surface area contributed by atoms with E-state index in [0.29, 0.717) is 0 Å². The van der Waals surface area contributed by atoms with Gasteiger partial charge in [0.25, 0.3) is 0 Å². The van der Waals surface area contributed by atoms with Crippen molar-refractivity contribution < 1.29 is 15.0 Å². The number of ether oxygens (including phenoxy) is 2. The molecule has 1 fully saturated rings. The Bertz CT molecular complexity index is 146. The highest BCUT2D eigenvalue weighted by atomic mass is 79.9. The molecule has 0 aliphatic carbocycles. The fourth-order valence-corrected chi connectivity index (χ4v) is 0.531. The molecule has 0 saturated carbocycles. The fourth-order valence-electron chi connectivity index (χ4n) is 0.267. The number of hydrogen-bond acceptors (Lipinski definition) is 2. The van der Waals surface area contributed by atoms with Gasteiger partial charge in [-0.15, -0.1) is 0 Å². The van der Waals surface area contributed by atoms with Gasteiger partial charge < -0.3 is 9.47 Å². The van der Waals surface area contributed by atoms with E-state index in [1.165, 1.54) is 0 Å². The van der Waals surface area contributed by atoms with E-state index in [-0.39, 0.29) is 5.33 Å². The van der Waals surface area contributed by atoms with Gasteiger partial charge in [-0.25, -0.2) is 0 Å². The summed E-state index contributed by atoms with van der Waals surface area (Å²) in [5.41, 5.74) is 0. The van der Waals surface area contributed by atoms with Crippen molar-refractivity contribution in [2.75, 3.05) is 18.4 Å². The highest BCUT2D eigenvalue weighted by Gasteiger charge is 2.12. The summed E-state index contributed by atoms with van der Waals surface area (Å²) in [7, 11) is 0. The van der Waals surface area contributed by atoms with Crippen LogP contribution in [-0.2, 0) is 9.47 Å². The minimum absolute atomic E-state index is 0.256. The maximum Gasteiger partial charge on any atom is 0.167 e. The van der Waals surface area contributed by atoms with Gasteiger partial charge in [-0.05, 0) is 0 Å². The molecule has 1 heterocycles. The molecule has 0 amide bonds. The monoisotopic (exact) mass is 170 g/mol. The predicted octanol–water partition coefficient (Wildman–Crippen LogP) is 0.754. The highest BCUT2D eigenvalue weighted by Crippen LogP contribution is 2.04. The van der Waals surface area contributed by atoms with Crippen LogP contribution in [0.3, 0.4) is 0 Å². The quantitative estimate of drug-likeness (QED) is 0.542. The molecular formula is C4H7BrO2. The third-order valence-corrected chi connectivity index (χ3v) is 1.08. The van der Waals surface area contributed by atoms with Gasteiger partial charge in [0.2, 0.25) is 0 Å². The van der Waals surface area contributed by atoms with Gasteiger partial charge in [-0.3, -0.25) is 0 Å². The zero-order chi connectivity index (χ0) is 8.70. The van der Waals surface area contributed by atoms with Crippen LogP contribution >= 0.6 is 15.9 Å². The number of hydrogen-bond donors (Lipinski definition) is 0. The SMILES string of the molecule is [2H]C1([2H])OC(CBr)OC1([2H])[2H]. The van der Waals surface area contributed by atoms with Crippen LogP contribution in [0, 0.1) is 0 Å². The van der Waals surface area contributed by atoms with Crippen LogP contribution in [0.5, 0.6) is 0 Å². The lowest BCUT2D eigenvalue weighted by Gasteiger charge is -2.00. The smallest absolute Gasteiger partial charge is 0.167 e. The molecule has 0 atom stereocenters. The summed E-state index contributed by atoms with van der Waals surface area (Å²) >= 11 is 3.00. The minimum Gasteiger partial charge on any atom is -0.349 e. The van der Waals surface area contributed by atoms with Crippen molar-refractivity contribution in [1.82, 2.24) is 0 Å². The maximum atomic E-state index is 7.05. The van der Waals surface area contributed by atoms with Gasteiger partial charge >= 0.3 is 0 Å². The summed E-state index contributed by atoms with van der Waals surface area (Å²) in [5.74, 6) is 0. The normalized spacial score (nSPS) is 46.4. The van der Waals surface area contributed by atoms with Crippen LogP contribution < -0.4 is 0 Å². The predicted molar refractivity (Wildman–Crippen MR) is 29.5 cm³/mol. The van der Waals surface area contributed by atoms with E-state index >= 15 is 0 Å². The second-order valence-corrected chi connectivity index (χ2v) is 1.67. The van der Waals surface area contributed by atoms with Gasteiger partial charge in [0.15, 0.2) is 6.29 Å². The first-order valence-electron chi connectivity index (χ1n) is 3.81. The molecule has 0 aromatic carbocycles. The van der Waals surface area contributed by atoms with Crippen molar-refractivity contribution in [3.8, 4) is 0 Å². The van der Waals surface area contributed by atoms with Gasteiger partial charge in [-0.2, -0.15) is 0 Å². The van der Waals surface area contributed by atoms with E-state index in [9.17, 15) is 0 Å². The summed E-state index contributed by atoms with van der Waals surface area (Å²) in [6, 6.07) is 0. The average molecular weight is 171 g/mol. The summed E-state index contributed by atoms with van der Waals surface area (Å²) < 4.78 is 37.4. The lowest BCUT2D eigenvalue weighted by atomic mass is 10.8. The first kappa shape index (κ1) is 2.33. The molecule has 0 spiro atoms. The molecule has 0 aromatic rings. The molecule has 0 radical (unpaired) electrons. The van der Waals surface area contributed by atoms with E-state index < -0.39 is 19.4 Å². The molecule has 0 N–H and O–H groups in total. The topological polar surface area (TPSA) is 18.5 Å². The van der Waals surface area contributed by atoms with E-state index in [1.54, 1.807) is 0 Å². The third kappa shape index (κ3) is 1.40. The number of alkyl halides is 1. The van der Waals surface area contributed by atoms with Crippen LogP contribution in [0.4, 0.5) is 0 Å². The molecule has 42 valence electrons. The summed E-state index contributed by atoms with van der Waals surface area (Å²) in [5, 5.41) is 0.256. The molecule has 1 aliphatic heterocycles. The molecule has 1 aliphatic rings. The van der Waals surface area contributed by atoms with Crippen molar-refractivity contribution in [2.24, 2.45) is 0 Å². The van der Waals surface area contributed by atoms with Gasteiger partial charge in [0, 0.05) is 0 Å². The van der Waals surface area contributed by atoms with Gasteiger partial charge in [0.05, 0.1) is 23.9 Å². The summed E-state index contributed by atoms with van der Waals surface area (Å²) in [6.45, 7) is -4.71. The number of rotatable bonds is 1. The van der Waals surface area contributed by atoms with Crippen molar-refractivity contribution >= 4 is 15.9 Å².